The van der Waals surface area contributed by atoms with Crippen LogP contribution in [0.5, 0.6) is 0 Å². The molecular weight excluding hydrogens is 190 g/mol. The standard InChI is InChI=1S/C12H17NO2/c1-3-10-4-6-11(7-5-10)12(8-14)13-9(2)15/h4-7,12,14H,3,8H2,1-2H3,(H,13,15). The van der Waals surface area contributed by atoms with E-state index < -0.39 is 0 Å². The highest BCUT2D eigenvalue weighted by atomic mass is 16.3. The van der Waals surface area contributed by atoms with Crippen LogP contribution < -0.4 is 5.32 Å². The summed E-state index contributed by atoms with van der Waals surface area (Å²) in [7, 11) is 0. The summed E-state index contributed by atoms with van der Waals surface area (Å²) in [4.78, 5) is 10.9. The summed E-state index contributed by atoms with van der Waals surface area (Å²) in [5.74, 6) is -0.131. The Hall–Kier alpha value is -1.35. The lowest BCUT2D eigenvalue weighted by Gasteiger charge is -2.15. The molecule has 0 radical (unpaired) electrons. The van der Waals surface area contributed by atoms with Gasteiger partial charge in [0.2, 0.25) is 5.91 Å². The van der Waals surface area contributed by atoms with Gasteiger partial charge in [0.25, 0.3) is 0 Å². The number of carbonyl (C=O) groups excluding carboxylic acids is 1. The first kappa shape index (κ1) is 11.7. The minimum Gasteiger partial charge on any atom is -0.394 e. The van der Waals surface area contributed by atoms with E-state index in [1.165, 1.54) is 12.5 Å². The fourth-order valence-corrected chi connectivity index (χ4v) is 1.47. The lowest BCUT2D eigenvalue weighted by Crippen LogP contribution is -2.28. The van der Waals surface area contributed by atoms with Gasteiger partial charge < -0.3 is 10.4 Å². The SMILES string of the molecule is CCc1ccc(C(CO)NC(C)=O)cc1. The maximum absolute atomic E-state index is 10.9. The van der Waals surface area contributed by atoms with Crippen molar-refractivity contribution in [2.75, 3.05) is 6.61 Å². The van der Waals surface area contributed by atoms with Crippen molar-refractivity contribution in [3.63, 3.8) is 0 Å². The minimum atomic E-state index is -0.298. The molecule has 3 nitrogen and oxygen atoms in total. The van der Waals surface area contributed by atoms with E-state index in [1.807, 2.05) is 24.3 Å². The molecule has 15 heavy (non-hydrogen) atoms. The third kappa shape index (κ3) is 3.36. The van der Waals surface area contributed by atoms with Gasteiger partial charge >= 0.3 is 0 Å². The molecule has 0 fully saturated rings. The van der Waals surface area contributed by atoms with Crippen molar-refractivity contribution in [3.8, 4) is 0 Å². The monoisotopic (exact) mass is 207 g/mol. The summed E-state index contributed by atoms with van der Waals surface area (Å²) in [6, 6.07) is 7.61. The number of carbonyl (C=O) groups is 1. The van der Waals surface area contributed by atoms with Crippen LogP contribution in [0.25, 0.3) is 0 Å². The Kier molecular flexibility index (Phi) is 4.31. The second-order valence-electron chi connectivity index (χ2n) is 3.53. The molecule has 0 aliphatic carbocycles. The zero-order valence-corrected chi connectivity index (χ0v) is 9.16. The second-order valence-corrected chi connectivity index (χ2v) is 3.53. The Labute approximate surface area is 90.1 Å². The average molecular weight is 207 g/mol. The molecule has 0 spiro atoms. The molecule has 1 aromatic carbocycles. The van der Waals surface area contributed by atoms with Crippen LogP contribution in [0.3, 0.4) is 0 Å². The molecule has 1 amide bonds. The third-order valence-electron chi connectivity index (χ3n) is 2.35. The Morgan fingerprint density at radius 2 is 2.00 bits per heavy atom. The molecule has 3 heteroatoms. The number of aliphatic hydroxyl groups excluding tert-OH is 1. The molecule has 2 N–H and O–H groups in total. The molecular formula is C12H17NO2. The Bertz CT molecular complexity index is 319. The van der Waals surface area contributed by atoms with Crippen molar-refractivity contribution in [1.82, 2.24) is 5.32 Å². The molecule has 1 unspecified atom stereocenters. The molecule has 0 bridgehead atoms. The van der Waals surface area contributed by atoms with Gasteiger partial charge in [-0.05, 0) is 17.5 Å². The van der Waals surface area contributed by atoms with Crippen LogP contribution in [-0.4, -0.2) is 17.6 Å². The van der Waals surface area contributed by atoms with Gasteiger partial charge in [0.05, 0.1) is 12.6 Å². The number of hydrogen-bond donors (Lipinski definition) is 2. The van der Waals surface area contributed by atoms with E-state index in [0.717, 1.165) is 12.0 Å². The van der Waals surface area contributed by atoms with Gasteiger partial charge in [0, 0.05) is 6.92 Å². The topological polar surface area (TPSA) is 49.3 Å². The fourth-order valence-electron chi connectivity index (χ4n) is 1.47. The summed E-state index contributed by atoms with van der Waals surface area (Å²) in [6.07, 6.45) is 0.990. The van der Waals surface area contributed by atoms with E-state index in [0.29, 0.717) is 0 Å². The maximum atomic E-state index is 10.9. The van der Waals surface area contributed by atoms with Gasteiger partial charge in [-0.25, -0.2) is 0 Å². The Balaban J connectivity index is 2.78. The molecule has 1 aromatic rings. The Morgan fingerprint density at radius 1 is 1.40 bits per heavy atom. The molecule has 0 saturated carbocycles. The van der Waals surface area contributed by atoms with Crippen LogP contribution in [0, 0.1) is 0 Å². The highest BCUT2D eigenvalue weighted by Gasteiger charge is 2.10. The minimum absolute atomic E-state index is 0.0783. The Morgan fingerprint density at radius 3 is 2.40 bits per heavy atom. The number of nitrogens with one attached hydrogen (secondary N) is 1. The first-order valence-corrected chi connectivity index (χ1v) is 5.14. The van der Waals surface area contributed by atoms with Gasteiger partial charge in [-0.3, -0.25) is 4.79 Å². The molecule has 0 aliphatic rings. The predicted octanol–water partition coefficient (Wildman–Crippen LogP) is 1.42. The van der Waals surface area contributed by atoms with Crippen LogP contribution >= 0.6 is 0 Å². The van der Waals surface area contributed by atoms with Crippen molar-refractivity contribution >= 4 is 5.91 Å². The summed E-state index contributed by atoms with van der Waals surface area (Å²) in [6.45, 7) is 3.46. The number of rotatable bonds is 4. The van der Waals surface area contributed by atoms with Gasteiger partial charge in [-0.2, -0.15) is 0 Å². The zero-order chi connectivity index (χ0) is 11.3. The van der Waals surface area contributed by atoms with Crippen molar-refractivity contribution in [2.45, 2.75) is 26.3 Å². The predicted molar refractivity (Wildman–Crippen MR) is 59.5 cm³/mol. The lowest BCUT2D eigenvalue weighted by atomic mass is 10.0. The second kappa shape index (κ2) is 5.51. The summed E-state index contributed by atoms with van der Waals surface area (Å²) in [5, 5.41) is 11.8. The highest BCUT2D eigenvalue weighted by Crippen LogP contribution is 2.13. The van der Waals surface area contributed by atoms with Gasteiger partial charge in [0.1, 0.15) is 0 Å². The normalized spacial score (nSPS) is 12.2. The van der Waals surface area contributed by atoms with E-state index in [1.54, 1.807) is 0 Å². The van der Waals surface area contributed by atoms with E-state index in [-0.39, 0.29) is 18.6 Å². The van der Waals surface area contributed by atoms with Crippen LogP contribution in [0.15, 0.2) is 24.3 Å². The smallest absolute Gasteiger partial charge is 0.217 e. The number of benzene rings is 1. The van der Waals surface area contributed by atoms with Gasteiger partial charge in [0.15, 0.2) is 0 Å². The van der Waals surface area contributed by atoms with E-state index in [2.05, 4.69) is 12.2 Å². The zero-order valence-electron chi connectivity index (χ0n) is 9.16. The van der Waals surface area contributed by atoms with Crippen molar-refractivity contribution in [3.05, 3.63) is 35.4 Å². The molecule has 0 aliphatic heterocycles. The van der Waals surface area contributed by atoms with Crippen molar-refractivity contribution in [1.29, 1.82) is 0 Å². The van der Waals surface area contributed by atoms with E-state index in [4.69, 9.17) is 5.11 Å². The first-order valence-electron chi connectivity index (χ1n) is 5.14. The third-order valence-corrected chi connectivity index (χ3v) is 2.35. The molecule has 82 valence electrons. The van der Waals surface area contributed by atoms with E-state index >= 15 is 0 Å². The average Bonchev–Trinajstić information content (AvgIpc) is 2.26. The van der Waals surface area contributed by atoms with Crippen molar-refractivity contribution in [2.24, 2.45) is 0 Å². The fraction of sp³-hybridized carbons (Fsp3) is 0.417. The van der Waals surface area contributed by atoms with Crippen LogP contribution in [-0.2, 0) is 11.2 Å². The summed E-state index contributed by atoms with van der Waals surface area (Å²) >= 11 is 0. The molecule has 0 heterocycles. The molecule has 0 aromatic heterocycles. The maximum Gasteiger partial charge on any atom is 0.217 e. The molecule has 1 rings (SSSR count). The summed E-state index contributed by atoms with van der Waals surface area (Å²) < 4.78 is 0. The largest absolute Gasteiger partial charge is 0.394 e. The van der Waals surface area contributed by atoms with Crippen LogP contribution in [0.2, 0.25) is 0 Å². The number of aryl methyl sites for hydroxylation is 1. The molecule has 0 saturated heterocycles. The van der Waals surface area contributed by atoms with E-state index in [9.17, 15) is 4.79 Å². The van der Waals surface area contributed by atoms with Crippen LogP contribution in [0.4, 0.5) is 0 Å². The lowest BCUT2D eigenvalue weighted by molar-refractivity contribution is -0.120. The highest BCUT2D eigenvalue weighted by molar-refractivity contribution is 5.73. The van der Waals surface area contributed by atoms with Crippen molar-refractivity contribution < 1.29 is 9.90 Å². The summed E-state index contributed by atoms with van der Waals surface area (Å²) in [5.41, 5.74) is 2.18. The van der Waals surface area contributed by atoms with Gasteiger partial charge in [-0.15, -0.1) is 0 Å². The first-order chi connectivity index (χ1) is 7.17. The number of amides is 1. The van der Waals surface area contributed by atoms with Gasteiger partial charge in [-0.1, -0.05) is 31.2 Å². The molecule has 1 atom stereocenters. The number of aliphatic hydroxyl groups is 1. The quantitative estimate of drug-likeness (QED) is 0.784. The van der Waals surface area contributed by atoms with Crippen LogP contribution in [0.1, 0.15) is 31.0 Å². The number of hydrogen-bond acceptors (Lipinski definition) is 2.